The van der Waals surface area contributed by atoms with Crippen molar-refractivity contribution in [2.45, 2.75) is 26.2 Å². The Morgan fingerprint density at radius 3 is 2.82 bits per heavy atom. The van der Waals surface area contributed by atoms with Crippen LogP contribution in [0.4, 0.5) is 8.78 Å². The molecule has 1 aromatic rings. The van der Waals surface area contributed by atoms with Crippen LogP contribution < -0.4 is 5.56 Å². The summed E-state index contributed by atoms with van der Waals surface area (Å²) < 4.78 is 28.9. The van der Waals surface area contributed by atoms with Gasteiger partial charge in [0.25, 0.3) is 12.0 Å². The summed E-state index contributed by atoms with van der Waals surface area (Å²) in [4.78, 5) is 18.3. The SMILES string of the molecule is CCc1nc(CCOCC(F)F)[nH]c(=O)c1I. The molecule has 0 saturated carbocycles. The Hall–Kier alpha value is -0.570. The first-order chi connectivity index (χ1) is 8.04. The summed E-state index contributed by atoms with van der Waals surface area (Å²) in [5, 5.41) is 0. The monoisotopic (exact) mass is 358 g/mol. The highest BCUT2D eigenvalue weighted by Crippen LogP contribution is 2.05. The van der Waals surface area contributed by atoms with Gasteiger partial charge in [-0.2, -0.15) is 0 Å². The molecule has 0 aliphatic heterocycles. The molecule has 0 fully saturated rings. The summed E-state index contributed by atoms with van der Waals surface area (Å²) in [5.74, 6) is 0.474. The van der Waals surface area contributed by atoms with Crippen molar-refractivity contribution >= 4 is 22.6 Å². The van der Waals surface area contributed by atoms with E-state index >= 15 is 0 Å². The number of hydrogen-bond acceptors (Lipinski definition) is 3. The van der Waals surface area contributed by atoms with Crippen LogP contribution in [0.5, 0.6) is 0 Å². The minimum absolute atomic E-state index is 0.122. The molecule has 0 amide bonds. The van der Waals surface area contributed by atoms with Gasteiger partial charge in [0.2, 0.25) is 0 Å². The highest BCUT2D eigenvalue weighted by molar-refractivity contribution is 14.1. The Balaban J connectivity index is 2.60. The van der Waals surface area contributed by atoms with Crippen molar-refractivity contribution in [3.05, 3.63) is 25.4 Å². The van der Waals surface area contributed by atoms with Crippen LogP contribution in [0.3, 0.4) is 0 Å². The van der Waals surface area contributed by atoms with E-state index in [2.05, 4.69) is 9.97 Å². The molecular weight excluding hydrogens is 345 g/mol. The van der Waals surface area contributed by atoms with E-state index in [4.69, 9.17) is 4.74 Å². The molecule has 96 valence electrons. The molecule has 0 aliphatic rings. The Morgan fingerprint density at radius 2 is 2.24 bits per heavy atom. The Morgan fingerprint density at radius 1 is 1.53 bits per heavy atom. The van der Waals surface area contributed by atoms with Crippen LogP contribution in [0.25, 0.3) is 0 Å². The van der Waals surface area contributed by atoms with E-state index in [1.807, 2.05) is 29.5 Å². The molecule has 7 heteroatoms. The highest BCUT2D eigenvalue weighted by atomic mass is 127. The lowest BCUT2D eigenvalue weighted by Crippen LogP contribution is -2.19. The second-order valence-corrected chi connectivity index (χ2v) is 4.42. The predicted molar refractivity (Wildman–Crippen MR) is 67.5 cm³/mol. The Kier molecular flexibility index (Phi) is 5.96. The van der Waals surface area contributed by atoms with Crippen LogP contribution >= 0.6 is 22.6 Å². The molecule has 0 bridgehead atoms. The van der Waals surface area contributed by atoms with E-state index in [0.29, 0.717) is 22.2 Å². The van der Waals surface area contributed by atoms with Gasteiger partial charge in [-0.05, 0) is 29.0 Å². The first-order valence-electron chi connectivity index (χ1n) is 5.18. The van der Waals surface area contributed by atoms with Gasteiger partial charge in [-0.1, -0.05) is 6.92 Å². The van der Waals surface area contributed by atoms with E-state index in [9.17, 15) is 13.6 Å². The fourth-order valence-corrected chi connectivity index (χ4v) is 1.89. The number of aryl methyl sites for hydroxylation is 1. The summed E-state index contributed by atoms with van der Waals surface area (Å²) in [5.41, 5.74) is 0.527. The number of aromatic amines is 1. The molecule has 0 radical (unpaired) electrons. The van der Waals surface area contributed by atoms with E-state index < -0.39 is 13.0 Å². The molecule has 4 nitrogen and oxygen atoms in total. The van der Waals surface area contributed by atoms with Gasteiger partial charge in [-0.3, -0.25) is 4.79 Å². The molecule has 0 spiro atoms. The number of aromatic nitrogens is 2. The van der Waals surface area contributed by atoms with E-state index in [0.717, 1.165) is 5.69 Å². The van der Waals surface area contributed by atoms with Crippen molar-refractivity contribution < 1.29 is 13.5 Å². The third-order valence-corrected chi connectivity index (χ3v) is 3.15. The third kappa shape index (κ3) is 4.66. The second kappa shape index (κ2) is 7.00. The van der Waals surface area contributed by atoms with Gasteiger partial charge < -0.3 is 9.72 Å². The number of rotatable bonds is 6. The molecule has 1 heterocycles. The number of hydrogen-bond donors (Lipinski definition) is 1. The lowest BCUT2D eigenvalue weighted by Gasteiger charge is -2.05. The van der Waals surface area contributed by atoms with Crippen molar-refractivity contribution in [2.24, 2.45) is 0 Å². The molecule has 1 aromatic heterocycles. The standard InChI is InChI=1S/C10H13F2IN2O2/c1-2-6-9(13)10(16)15-8(14-6)3-4-17-5-7(11)12/h7H,2-5H2,1H3,(H,14,15,16). The summed E-state index contributed by atoms with van der Waals surface area (Å²) >= 11 is 1.94. The van der Waals surface area contributed by atoms with Crippen molar-refractivity contribution in [2.75, 3.05) is 13.2 Å². The number of nitrogens with zero attached hydrogens (tertiary/aromatic N) is 1. The Bertz CT molecular complexity index is 423. The summed E-state index contributed by atoms with van der Waals surface area (Å²) in [6.45, 7) is 1.44. The third-order valence-electron chi connectivity index (χ3n) is 2.04. The minimum Gasteiger partial charge on any atom is -0.375 e. The summed E-state index contributed by atoms with van der Waals surface area (Å²) in [7, 11) is 0. The maximum Gasteiger partial charge on any atom is 0.264 e. The van der Waals surface area contributed by atoms with Crippen LogP contribution in [0.15, 0.2) is 4.79 Å². The fraction of sp³-hybridized carbons (Fsp3) is 0.600. The maximum atomic E-state index is 11.8. The van der Waals surface area contributed by atoms with E-state index in [-0.39, 0.29) is 12.2 Å². The zero-order valence-electron chi connectivity index (χ0n) is 9.30. The second-order valence-electron chi connectivity index (χ2n) is 3.34. The van der Waals surface area contributed by atoms with Gasteiger partial charge in [0.1, 0.15) is 12.4 Å². The summed E-state index contributed by atoms with van der Waals surface area (Å²) in [6, 6.07) is 0. The van der Waals surface area contributed by atoms with Crippen LogP contribution in [0, 0.1) is 3.57 Å². The van der Waals surface area contributed by atoms with Gasteiger partial charge in [0, 0.05) is 6.42 Å². The topological polar surface area (TPSA) is 55.0 Å². The van der Waals surface area contributed by atoms with Gasteiger partial charge >= 0.3 is 0 Å². The van der Waals surface area contributed by atoms with Gasteiger partial charge in [-0.15, -0.1) is 0 Å². The number of H-pyrrole nitrogens is 1. The summed E-state index contributed by atoms with van der Waals surface area (Å²) in [6.07, 6.45) is -1.48. The molecule has 17 heavy (non-hydrogen) atoms. The number of nitrogens with one attached hydrogen (secondary N) is 1. The zero-order valence-corrected chi connectivity index (χ0v) is 11.5. The minimum atomic E-state index is -2.47. The van der Waals surface area contributed by atoms with E-state index in [1.165, 1.54) is 0 Å². The van der Waals surface area contributed by atoms with Crippen molar-refractivity contribution in [3.63, 3.8) is 0 Å². The van der Waals surface area contributed by atoms with Crippen molar-refractivity contribution in [1.29, 1.82) is 0 Å². The number of ether oxygens (including phenoxy) is 1. The Labute approximate surface area is 111 Å². The normalized spacial score (nSPS) is 11.1. The number of halogens is 3. The highest BCUT2D eigenvalue weighted by Gasteiger charge is 2.07. The molecule has 0 aliphatic carbocycles. The molecule has 0 aromatic carbocycles. The van der Waals surface area contributed by atoms with Gasteiger partial charge in [0.05, 0.1) is 15.9 Å². The van der Waals surface area contributed by atoms with Gasteiger partial charge in [-0.25, -0.2) is 13.8 Å². The quantitative estimate of drug-likeness (QED) is 0.623. The average Bonchev–Trinajstić information content (AvgIpc) is 2.28. The first kappa shape index (κ1) is 14.5. The van der Waals surface area contributed by atoms with Crippen molar-refractivity contribution in [3.8, 4) is 0 Å². The maximum absolute atomic E-state index is 11.8. The zero-order chi connectivity index (χ0) is 12.8. The molecule has 0 atom stereocenters. The fourth-order valence-electron chi connectivity index (χ4n) is 1.25. The van der Waals surface area contributed by atoms with Crippen LogP contribution in [-0.2, 0) is 17.6 Å². The lowest BCUT2D eigenvalue weighted by molar-refractivity contribution is 0.0182. The molecule has 1 N–H and O–H groups in total. The van der Waals surface area contributed by atoms with E-state index in [1.54, 1.807) is 0 Å². The smallest absolute Gasteiger partial charge is 0.264 e. The average molecular weight is 358 g/mol. The van der Waals surface area contributed by atoms with Crippen molar-refractivity contribution in [1.82, 2.24) is 9.97 Å². The molecule has 0 saturated heterocycles. The van der Waals surface area contributed by atoms with Gasteiger partial charge in [0.15, 0.2) is 0 Å². The molecule has 0 unspecified atom stereocenters. The lowest BCUT2D eigenvalue weighted by atomic mass is 10.3. The number of alkyl halides is 2. The predicted octanol–water partition coefficient (Wildman–Crippen LogP) is 1.76. The molecule has 1 rings (SSSR count). The molecular formula is C10H13F2IN2O2. The largest absolute Gasteiger partial charge is 0.375 e. The van der Waals surface area contributed by atoms with Crippen LogP contribution in [-0.4, -0.2) is 29.6 Å². The first-order valence-corrected chi connectivity index (χ1v) is 6.26. The van der Waals surface area contributed by atoms with Crippen LogP contribution in [0.1, 0.15) is 18.4 Å². The van der Waals surface area contributed by atoms with Crippen LogP contribution in [0.2, 0.25) is 0 Å².